The molecule has 0 saturated carbocycles. The molecule has 158 valence electrons. The molecule has 4 rings (SSSR count). The fourth-order valence-corrected chi connectivity index (χ4v) is 4.58. The van der Waals surface area contributed by atoms with Gasteiger partial charge in [-0.2, -0.15) is 0 Å². The van der Waals surface area contributed by atoms with Crippen molar-refractivity contribution in [3.63, 3.8) is 0 Å². The molecule has 1 aliphatic carbocycles. The number of ether oxygens (including phenoxy) is 3. The van der Waals surface area contributed by atoms with Crippen molar-refractivity contribution in [2.24, 2.45) is 11.8 Å². The Morgan fingerprint density at radius 1 is 1.21 bits per heavy atom. The topological polar surface area (TPSA) is 88.4 Å². The summed E-state index contributed by atoms with van der Waals surface area (Å²) in [6.07, 6.45) is -0.916. The maximum absolute atomic E-state index is 14.8. The highest BCUT2D eigenvalue weighted by molar-refractivity contribution is 5.42. The zero-order valence-corrected chi connectivity index (χ0v) is 16.5. The first-order chi connectivity index (χ1) is 13.9. The molecule has 0 aromatic heterocycles. The Morgan fingerprint density at radius 2 is 1.93 bits per heavy atom. The van der Waals surface area contributed by atoms with Gasteiger partial charge >= 0.3 is 0 Å². The van der Waals surface area contributed by atoms with Gasteiger partial charge in [0, 0.05) is 18.3 Å². The van der Waals surface area contributed by atoms with Crippen LogP contribution >= 0.6 is 0 Å². The molecule has 1 aromatic carbocycles. The number of fused-ring (bicyclic) bond motifs is 2. The van der Waals surface area contributed by atoms with E-state index in [-0.39, 0.29) is 24.8 Å². The zero-order chi connectivity index (χ0) is 20.8. The summed E-state index contributed by atoms with van der Waals surface area (Å²) in [5, 5.41) is 30.3. The minimum absolute atomic E-state index is 0.182. The van der Waals surface area contributed by atoms with Crippen molar-refractivity contribution < 1.29 is 33.9 Å². The molecule has 0 radical (unpaired) electrons. The molecule has 2 saturated heterocycles. The molecule has 2 aliphatic heterocycles. The predicted octanol–water partition coefficient (Wildman–Crippen LogP) is 1.88. The molecule has 7 heteroatoms. The highest BCUT2D eigenvalue weighted by Gasteiger charge is 2.59. The number of allylic oxidation sites excluding steroid dienone is 3. The summed E-state index contributed by atoms with van der Waals surface area (Å²) in [5.74, 6) is -1.49. The second-order valence-corrected chi connectivity index (χ2v) is 8.04. The van der Waals surface area contributed by atoms with E-state index in [0.29, 0.717) is 12.0 Å². The number of methoxy groups -OCH3 is 1. The van der Waals surface area contributed by atoms with Crippen molar-refractivity contribution in [3.05, 3.63) is 52.9 Å². The molecule has 3 aliphatic rings. The van der Waals surface area contributed by atoms with E-state index in [0.717, 1.165) is 16.9 Å². The Morgan fingerprint density at radius 3 is 2.59 bits per heavy atom. The quantitative estimate of drug-likeness (QED) is 0.708. The lowest BCUT2D eigenvalue weighted by atomic mass is 9.76. The third-order valence-electron chi connectivity index (χ3n) is 6.35. The van der Waals surface area contributed by atoms with Crippen LogP contribution in [0.25, 0.3) is 0 Å². The maximum atomic E-state index is 14.8. The fourth-order valence-electron chi connectivity index (χ4n) is 4.58. The standard InChI is InChI=1S/C22H27FO6/c1-12-20(25)21(26)19(10-24)29-22(12)17-8-14(18(23)9-15(17)11-28-22)7-13-3-5-16(27-2)6-4-13/h3-6,8,12,15,19-21,24-26H,7,9-11H2,1-2H3/t12-,15?,19?,20-,21-,22-/m1/s1. The van der Waals surface area contributed by atoms with Crippen LogP contribution in [0.15, 0.2) is 47.3 Å². The van der Waals surface area contributed by atoms with Gasteiger partial charge < -0.3 is 29.5 Å². The lowest BCUT2D eigenvalue weighted by molar-refractivity contribution is -0.318. The largest absolute Gasteiger partial charge is 0.497 e. The van der Waals surface area contributed by atoms with Gasteiger partial charge in [0.05, 0.1) is 26.4 Å². The molecule has 0 bridgehead atoms. The van der Waals surface area contributed by atoms with E-state index in [2.05, 4.69) is 0 Å². The minimum atomic E-state index is -1.28. The molecule has 6 nitrogen and oxygen atoms in total. The van der Waals surface area contributed by atoms with E-state index >= 15 is 0 Å². The van der Waals surface area contributed by atoms with Crippen LogP contribution < -0.4 is 4.74 Å². The molecule has 29 heavy (non-hydrogen) atoms. The summed E-state index contributed by atoms with van der Waals surface area (Å²) in [7, 11) is 1.60. The molecule has 2 fully saturated rings. The first-order valence-electron chi connectivity index (χ1n) is 9.91. The van der Waals surface area contributed by atoms with Crippen LogP contribution in [-0.4, -0.2) is 59.7 Å². The summed E-state index contributed by atoms with van der Waals surface area (Å²) >= 11 is 0. The smallest absolute Gasteiger partial charge is 0.197 e. The third-order valence-corrected chi connectivity index (χ3v) is 6.35. The monoisotopic (exact) mass is 406 g/mol. The molecule has 2 unspecified atom stereocenters. The van der Waals surface area contributed by atoms with Gasteiger partial charge in [0.1, 0.15) is 23.8 Å². The minimum Gasteiger partial charge on any atom is -0.497 e. The highest BCUT2D eigenvalue weighted by atomic mass is 19.1. The van der Waals surface area contributed by atoms with E-state index in [9.17, 15) is 19.7 Å². The van der Waals surface area contributed by atoms with Gasteiger partial charge in [-0.15, -0.1) is 0 Å². The summed E-state index contributed by atoms with van der Waals surface area (Å²) in [6, 6.07) is 7.46. The van der Waals surface area contributed by atoms with Crippen LogP contribution in [0.2, 0.25) is 0 Å². The van der Waals surface area contributed by atoms with Crippen LogP contribution in [0.3, 0.4) is 0 Å². The van der Waals surface area contributed by atoms with E-state index in [4.69, 9.17) is 14.2 Å². The van der Waals surface area contributed by atoms with E-state index in [1.165, 1.54) is 0 Å². The number of rotatable bonds is 4. The molecule has 1 spiro atoms. The lowest BCUT2D eigenvalue weighted by Gasteiger charge is -2.48. The SMILES string of the molecule is COc1ccc(CC2=C(F)CC3CO[C@]4(OC(CO)[C@@H](O)[C@H](O)[C@H]4C)C3=C2)cc1. The van der Waals surface area contributed by atoms with Crippen molar-refractivity contribution >= 4 is 0 Å². The molecule has 1 aromatic rings. The number of benzene rings is 1. The van der Waals surface area contributed by atoms with Crippen LogP contribution in [0.5, 0.6) is 5.75 Å². The Labute approximate surface area is 169 Å². The molecular weight excluding hydrogens is 379 g/mol. The van der Waals surface area contributed by atoms with Gasteiger partial charge in [-0.25, -0.2) is 4.39 Å². The molecule has 3 N–H and O–H groups in total. The van der Waals surface area contributed by atoms with Crippen LogP contribution in [0, 0.1) is 11.8 Å². The van der Waals surface area contributed by atoms with E-state index < -0.39 is 36.6 Å². The third kappa shape index (κ3) is 3.41. The maximum Gasteiger partial charge on any atom is 0.197 e. The van der Waals surface area contributed by atoms with Gasteiger partial charge in [0.15, 0.2) is 5.79 Å². The predicted molar refractivity (Wildman–Crippen MR) is 103 cm³/mol. The second kappa shape index (κ2) is 7.81. The lowest BCUT2D eigenvalue weighted by Crippen LogP contribution is -2.61. The van der Waals surface area contributed by atoms with Crippen molar-refractivity contribution in [2.45, 2.75) is 43.9 Å². The average Bonchev–Trinajstić information content (AvgIpc) is 3.08. The normalized spacial score (nSPS) is 36.9. The summed E-state index contributed by atoms with van der Waals surface area (Å²) in [6.45, 7) is 1.56. The van der Waals surface area contributed by atoms with Gasteiger partial charge in [-0.05, 0) is 35.3 Å². The Bertz CT molecular complexity index is 817. The number of aliphatic hydroxyl groups is 3. The number of hydrogen-bond donors (Lipinski definition) is 3. The van der Waals surface area contributed by atoms with Gasteiger partial charge in [-0.1, -0.05) is 25.1 Å². The average molecular weight is 406 g/mol. The van der Waals surface area contributed by atoms with Crippen molar-refractivity contribution in [2.75, 3.05) is 20.3 Å². The van der Waals surface area contributed by atoms with E-state index in [1.54, 1.807) is 20.1 Å². The fraction of sp³-hybridized carbons (Fsp3) is 0.545. The van der Waals surface area contributed by atoms with Crippen LogP contribution in [0.1, 0.15) is 18.9 Å². The van der Waals surface area contributed by atoms with Crippen molar-refractivity contribution in [3.8, 4) is 5.75 Å². The molecule has 0 amide bonds. The Balaban J connectivity index is 1.65. The second-order valence-electron chi connectivity index (χ2n) is 8.04. The highest BCUT2D eigenvalue weighted by Crippen LogP contribution is 2.51. The van der Waals surface area contributed by atoms with Crippen molar-refractivity contribution in [1.82, 2.24) is 0 Å². The van der Waals surface area contributed by atoms with E-state index in [1.807, 2.05) is 24.3 Å². The summed E-state index contributed by atoms with van der Waals surface area (Å²) in [5.41, 5.74) is 2.25. The van der Waals surface area contributed by atoms with Crippen molar-refractivity contribution in [1.29, 1.82) is 0 Å². The molecule has 6 atom stereocenters. The number of halogens is 1. The summed E-state index contributed by atoms with van der Waals surface area (Å²) < 4.78 is 32.0. The first kappa shape index (κ1) is 20.5. The van der Waals surface area contributed by atoms with Gasteiger partial charge in [0.25, 0.3) is 0 Å². The van der Waals surface area contributed by atoms with Gasteiger partial charge in [0.2, 0.25) is 0 Å². The van der Waals surface area contributed by atoms with Gasteiger partial charge in [-0.3, -0.25) is 0 Å². The Kier molecular flexibility index (Phi) is 5.52. The number of hydrogen-bond acceptors (Lipinski definition) is 6. The summed E-state index contributed by atoms with van der Waals surface area (Å²) in [4.78, 5) is 0. The van der Waals surface area contributed by atoms with Crippen LogP contribution in [0.4, 0.5) is 4.39 Å². The Hall–Kier alpha value is -1.77. The number of aliphatic hydroxyl groups excluding tert-OH is 3. The zero-order valence-electron chi connectivity index (χ0n) is 16.5. The first-order valence-corrected chi connectivity index (χ1v) is 9.91. The molecule has 2 heterocycles. The van der Waals surface area contributed by atoms with Crippen LogP contribution in [-0.2, 0) is 15.9 Å². The molecular formula is C22H27FO6.